The molecule has 1 fully saturated rings. The molecule has 3 rings (SSSR count). The average molecular weight is 397 g/mol. The largest absolute Gasteiger partial charge is 0.497 e. The maximum Gasteiger partial charge on any atom is 0.220 e. The van der Waals surface area contributed by atoms with Gasteiger partial charge in [0.05, 0.1) is 19.8 Å². The minimum absolute atomic E-state index is 0.122. The van der Waals surface area contributed by atoms with Crippen LogP contribution in [0.1, 0.15) is 36.5 Å². The highest BCUT2D eigenvalue weighted by atomic mass is 16.5. The molecule has 1 amide bonds. The number of benzene rings is 2. The van der Waals surface area contributed by atoms with Crippen LogP contribution < -0.4 is 10.1 Å². The van der Waals surface area contributed by atoms with Gasteiger partial charge in [0.2, 0.25) is 5.91 Å². The van der Waals surface area contributed by atoms with Crippen molar-refractivity contribution in [3.05, 3.63) is 65.7 Å². The third-order valence-electron chi connectivity index (χ3n) is 5.35. The minimum atomic E-state index is 0.122. The second-order valence-electron chi connectivity index (χ2n) is 7.48. The van der Waals surface area contributed by atoms with E-state index in [1.807, 2.05) is 30.3 Å². The van der Waals surface area contributed by atoms with Crippen LogP contribution in [0.5, 0.6) is 5.75 Å². The Morgan fingerprint density at radius 2 is 1.93 bits per heavy atom. The average Bonchev–Trinajstić information content (AvgIpc) is 2.78. The molecule has 0 radical (unpaired) electrons. The van der Waals surface area contributed by atoms with E-state index in [9.17, 15) is 4.79 Å². The maximum absolute atomic E-state index is 12.0. The number of amides is 1. The van der Waals surface area contributed by atoms with E-state index in [2.05, 4.69) is 34.5 Å². The summed E-state index contributed by atoms with van der Waals surface area (Å²) in [6, 6.07) is 18.3. The number of carbonyl (C=O) groups is 1. The number of hydrogen-bond donors (Lipinski definition) is 1. The van der Waals surface area contributed by atoms with Crippen LogP contribution in [-0.2, 0) is 16.0 Å². The van der Waals surface area contributed by atoms with Crippen LogP contribution in [0.2, 0.25) is 0 Å². The van der Waals surface area contributed by atoms with Gasteiger partial charge in [0, 0.05) is 26.1 Å². The lowest BCUT2D eigenvalue weighted by Gasteiger charge is -2.33. The molecule has 2 aromatic rings. The van der Waals surface area contributed by atoms with Gasteiger partial charge in [-0.3, -0.25) is 9.69 Å². The quantitative estimate of drug-likeness (QED) is 0.624. The van der Waals surface area contributed by atoms with Crippen LogP contribution in [-0.4, -0.2) is 50.7 Å². The molecule has 5 nitrogen and oxygen atoms in total. The Labute approximate surface area is 174 Å². The summed E-state index contributed by atoms with van der Waals surface area (Å²) in [6.07, 6.45) is 3.53. The van der Waals surface area contributed by atoms with Crippen molar-refractivity contribution >= 4 is 5.91 Å². The van der Waals surface area contributed by atoms with Gasteiger partial charge in [0.15, 0.2) is 0 Å². The number of morpholine rings is 1. The van der Waals surface area contributed by atoms with Gasteiger partial charge in [0.25, 0.3) is 0 Å². The molecule has 0 aliphatic carbocycles. The van der Waals surface area contributed by atoms with E-state index in [0.29, 0.717) is 6.42 Å². The molecule has 1 unspecified atom stereocenters. The van der Waals surface area contributed by atoms with E-state index in [-0.39, 0.29) is 12.0 Å². The summed E-state index contributed by atoms with van der Waals surface area (Å²) in [4.78, 5) is 14.5. The molecule has 0 aromatic heterocycles. The van der Waals surface area contributed by atoms with E-state index in [0.717, 1.165) is 63.4 Å². The summed E-state index contributed by atoms with van der Waals surface area (Å²) in [5.41, 5.74) is 2.41. The van der Waals surface area contributed by atoms with Gasteiger partial charge < -0.3 is 14.8 Å². The maximum atomic E-state index is 12.0. The van der Waals surface area contributed by atoms with Gasteiger partial charge in [-0.1, -0.05) is 42.5 Å². The fourth-order valence-electron chi connectivity index (χ4n) is 3.60. The summed E-state index contributed by atoms with van der Waals surface area (Å²) >= 11 is 0. The Bertz CT molecular complexity index is 734. The number of carbonyl (C=O) groups excluding carboxylic acids is 1. The van der Waals surface area contributed by atoms with E-state index in [1.54, 1.807) is 7.11 Å². The topological polar surface area (TPSA) is 50.8 Å². The molecule has 156 valence electrons. The van der Waals surface area contributed by atoms with E-state index in [1.165, 1.54) is 5.56 Å². The third-order valence-corrected chi connectivity index (χ3v) is 5.35. The number of nitrogens with one attached hydrogen (secondary N) is 1. The molecule has 1 heterocycles. The molecular formula is C24H32N2O3. The fraction of sp³-hybridized carbons (Fsp3) is 0.458. The summed E-state index contributed by atoms with van der Waals surface area (Å²) in [7, 11) is 1.66. The van der Waals surface area contributed by atoms with Crippen molar-refractivity contribution in [1.82, 2.24) is 10.2 Å². The second-order valence-corrected chi connectivity index (χ2v) is 7.48. The first-order valence-corrected chi connectivity index (χ1v) is 10.5. The summed E-state index contributed by atoms with van der Waals surface area (Å²) < 4.78 is 11.1. The Morgan fingerprint density at radius 3 is 2.69 bits per heavy atom. The zero-order chi connectivity index (χ0) is 20.3. The van der Waals surface area contributed by atoms with E-state index >= 15 is 0 Å². The van der Waals surface area contributed by atoms with Crippen molar-refractivity contribution < 1.29 is 14.3 Å². The van der Waals surface area contributed by atoms with Crippen molar-refractivity contribution in [3.63, 3.8) is 0 Å². The Balaban J connectivity index is 1.27. The van der Waals surface area contributed by atoms with E-state index in [4.69, 9.17) is 9.47 Å². The lowest BCUT2D eigenvalue weighted by molar-refractivity contribution is -0.121. The lowest BCUT2D eigenvalue weighted by atomic mass is 10.1. The van der Waals surface area contributed by atoms with Crippen LogP contribution in [0.25, 0.3) is 0 Å². The summed E-state index contributed by atoms with van der Waals surface area (Å²) in [5, 5.41) is 3.04. The predicted octanol–water partition coefficient (Wildman–Crippen LogP) is 3.60. The van der Waals surface area contributed by atoms with Crippen LogP contribution >= 0.6 is 0 Å². The monoisotopic (exact) mass is 396 g/mol. The zero-order valence-corrected chi connectivity index (χ0v) is 17.3. The molecule has 5 heteroatoms. The normalized spacial score (nSPS) is 17.1. The molecule has 0 bridgehead atoms. The van der Waals surface area contributed by atoms with Crippen molar-refractivity contribution in [2.75, 3.05) is 39.9 Å². The molecule has 0 saturated carbocycles. The van der Waals surface area contributed by atoms with Gasteiger partial charge in [-0.25, -0.2) is 0 Å². The first-order chi connectivity index (χ1) is 14.2. The van der Waals surface area contributed by atoms with Crippen molar-refractivity contribution in [1.29, 1.82) is 0 Å². The zero-order valence-electron chi connectivity index (χ0n) is 17.3. The first-order valence-electron chi connectivity index (χ1n) is 10.5. The van der Waals surface area contributed by atoms with Crippen molar-refractivity contribution in [3.8, 4) is 5.75 Å². The van der Waals surface area contributed by atoms with Gasteiger partial charge in [-0.2, -0.15) is 0 Å². The highest BCUT2D eigenvalue weighted by molar-refractivity contribution is 5.76. The van der Waals surface area contributed by atoms with Gasteiger partial charge >= 0.3 is 0 Å². The van der Waals surface area contributed by atoms with Crippen LogP contribution in [0.3, 0.4) is 0 Å². The molecule has 0 spiro atoms. The SMILES string of the molecule is COc1ccc(CCC(=O)NCCCCN2CCOC(c3ccccc3)C2)cc1. The number of unbranched alkanes of at least 4 members (excludes halogenated alkanes) is 1. The second kappa shape index (κ2) is 11.6. The fourth-order valence-corrected chi connectivity index (χ4v) is 3.60. The molecule has 1 atom stereocenters. The summed E-state index contributed by atoms with van der Waals surface area (Å²) in [6.45, 7) is 4.50. The standard InChI is InChI=1S/C24H32N2O3/c1-28-22-12-9-20(10-13-22)11-14-24(27)25-15-5-6-16-26-17-18-29-23(19-26)21-7-3-2-4-8-21/h2-4,7-10,12-13,23H,5-6,11,14-19H2,1H3,(H,25,27). The van der Waals surface area contributed by atoms with Crippen molar-refractivity contribution in [2.24, 2.45) is 0 Å². The molecule has 1 aliphatic rings. The Kier molecular flexibility index (Phi) is 8.53. The number of nitrogens with zero attached hydrogens (tertiary/aromatic N) is 1. The Hall–Kier alpha value is -2.37. The molecule has 1 saturated heterocycles. The first kappa shape index (κ1) is 21.3. The summed E-state index contributed by atoms with van der Waals surface area (Å²) in [5.74, 6) is 0.963. The van der Waals surface area contributed by atoms with E-state index < -0.39 is 0 Å². The third kappa shape index (κ3) is 7.18. The number of hydrogen-bond acceptors (Lipinski definition) is 4. The Morgan fingerprint density at radius 1 is 1.14 bits per heavy atom. The predicted molar refractivity (Wildman–Crippen MR) is 115 cm³/mol. The van der Waals surface area contributed by atoms with Gasteiger partial charge in [-0.15, -0.1) is 0 Å². The molecule has 2 aromatic carbocycles. The lowest BCUT2D eigenvalue weighted by Crippen LogP contribution is -2.39. The highest BCUT2D eigenvalue weighted by Crippen LogP contribution is 2.22. The molecular weight excluding hydrogens is 364 g/mol. The number of methoxy groups -OCH3 is 1. The molecule has 29 heavy (non-hydrogen) atoms. The van der Waals surface area contributed by atoms with Crippen LogP contribution in [0, 0.1) is 0 Å². The smallest absolute Gasteiger partial charge is 0.220 e. The minimum Gasteiger partial charge on any atom is -0.497 e. The van der Waals surface area contributed by atoms with Crippen molar-refractivity contribution in [2.45, 2.75) is 31.8 Å². The van der Waals surface area contributed by atoms with Crippen LogP contribution in [0.15, 0.2) is 54.6 Å². The number of aryl methyl sites for hydroxylation is 1. The molecule has 1 aliphatic heterocycles. The number of ether oxygens (including phenoxy) is 2. The highest BCUT2D eigenvalue weighted by Gasteiger charge is 2.21. The van der Waals surface area contributed by atoms with Crippen LogP contribution in [0.4, 0.5) is 0 Å². The van der Waals surface area contributed by atoms with Gasteiger partial charge in [0.1, 0.15) is 5.75 Å². The van der Waals surface area contributed by atoms with Gasteiger partial charge in [-0.05, 0) is 49.1 Å². The number of rotatable bonds is 10. The molecule has 1 N–H and O–H groups in total.